The second-order valence-electron chi connectivity index (χ2n) is 1.57. The molecule has 10 heavy (non-hydrogen) atoms. The molecule has 58 valence electrons. The van der Waals surface area contributed by atoms with E-state index in [0.717, 1.165) is 0 Å². The summed E-state index contributed by atoms with van der Waals surface area (Å²) in [5, 5.41) is 28.1. The van der Waals surface area contributed by atoms with E-state index in [1.807, 2.05) is 0 Å². The minimum atomic E-state index is -1.33. The van der Waals surface area contributed by atoms with Crippen LogP contribution < -0.4 is 5.73 Å². The van der Waals surface area contributed by atoms with Crippen LogP contribution in [0.2, 0.25) is 0 Å². The fraction of sp³-hybridized carbons (Fsp3) is 0.667. The highest BCUT2D eigenvalue weighted by molar-refractivity contribution is 5.73. The first kappa shape index (κ1) is 8.63. The molecule has 0 rings (SSSR count). The number of nitrogens with zero attached hydrogens (tertiary/aromatic N) is 2. The molecule has 0 aliphatic rings. The number of carbonyl (C=O) groups is 1. The van der Waals surface area contributed by atoms with Crippen LogP contribution in [0, 0.1) is 5.21 Å². The summed E-state index contributed by atoms with van der Waals surface area (Å²) in [5.74, 6) is -1.32. The molecule has 0 aliphatic heterocycles. The van der Waals surface area contributed by atoms with Gasteiger partial charge in [-0.05, 0) is 0 Å². The van der Waals surface area contributed by atoms with Crippen molar-refractivity contribution < 1.29 is 20.0 Å². The van der Waals surface area contributed by atoms with Crippen molar-refractivity contribution in [2.75, 3.05) is 6.54 Å². The normalized spacial score (nSPS) is 14.7. The number of hydrogen-bond acceptors (Lipinski definition) is 4. The fourth-order valence-electron chi connectivity index (χ4n) is 0.283. The van der Waals surface area contributed by atoms with Gasteiger partial charge in [0.25, 0.3) is 0 Å². The van der Waals surface area contributed by atoms with Gasteiger partial charge in [0.1, 0.15) is 0 Å². The Hall–Kier alpha value is -1.37. The Kier molecular flexibility index (Phi) is 3.12. The zero-order valence-corrected chi connectivity index (χ0v) is 4.97. The molecule has 1 atom stereocenters. The standard InChI is InChI=1S/C3H7N3O4/c4-2(3(7)8)1-6(10)5-9/h2,9H,1,4H2,(H,7,8)/b6-5+/t2-/m0/s1. The second-order valence-corrected chi connectivity index (χ2v) is 1.57. The van der Waals surface area contributed by atoms with Crippen LogP contribution in [-0.2, 0) is 4.79 Å². The highest BCUT2D eigenvalue weighted by Crippen LogP contribution is 1.80. The number of nitrogens with two attached hydrogens (primary N) is 1. The molecule has 0 heterocycles. The van der Waals surface area contributed by atoms with Gasteiger partial charge in [0.15, 0.2) is 11.3 Å². The summed E-state index contributed by atoms with van der Waals surface area (Å²) in [6.45, 7) is -0.564. The van der Waals surface area contributed by atoms with E-state index in [4.69, 9.17) is 16.0 Å². The lowest BCUT2D eigenvalue weighted by atomic mass is 10.3. The van der Waals surface area contributed by atoms with E-state index in [-0.39, 0.29) is 4.86 Å². The van der Waals surface area contributed by atoms with Crippen molar-refractivity contribution in [3.8, 4) is 0 Å². The predicted octanol–water partition coefficient (Wildman–Crippen LogP) is -1.25. The van der Waals surface area contributed by atoms with Crippen LogP contribution in [0.1, 0.15) is 0 Å². The van der Waals surface area contributed by atoms with Crippen LogP contribution >= 0.6 is 0 Å². The third-order valence-corrected chi connectivity index (χ3v) is 0.770. The molecule has 0 saturated carbocycles. The van der Waals surface area contributed by atoms with E-state index < -0.39 is 18.6 Å². The van der Waals surface area contributed by atoms with E-state index in [9.17, 15) is 10.0 Å². The van der Waals surface area contributed by atoms with Crippen LogP contribution in [0.25, 0.3) is 0 Å². The summed E-state index contributed by atoms with van der Waals surface area (Å²) >= 11 is 0. The Bertz CT molecular complexity index is 156. The quantitative estimate of drug-likeness (QED) is 0.263. The number of hydrogen-bond donors (Lipinski definition) is 3. The van der Waals surface area contributed by atoms with Gasteiger partial charge in [0.05, 0.1) is 0 Å². The van der Waals surface area contributed by atoms with Gasteiger partial charge >= 0.3 is 5.97 Å². The molecule has 0 bridgehead atoms. The van der Waals surface area contributed by atoms with Crippen molar-refractivity contribution in [3.05, 3.63) is 5.21 Å². The summed E-state index contributed by atoms with van der Waals surface area (Å²) in [6.07, 6.45) is 0. The predicted molar refractivity (Wildman–Crippen MR) is 28.3 cm³/mol. The summed E-state index contributed by atoms with van der Waals surface area (Å²) < 4.78 is 0. The molecule has 0 amide bonds. The van der Waals surface area contributed by atoms with E-state index in [1.54, 1.807) is 0 Å². The van der Waals surface area contributed by atoms with Gasteiger partial charge in [0.2, 0.25) is 6.54 Å². The van der Waals surface area contributed by atoms with Crippen LogP contribution in [0.3, 0.4) is 0 Å². The third kappa shape index (κ3) is 2.82. The average Bonchev–Trinajstić information content (AvgIpc) is 1.87. The lowest BCUT2D eigenvalue weighted by Crippen LogP contribution is -2.37. The molecule has 7 nitrogen and oxygen atoms in total. The van der Waals surface area contributed by atoms with Crippen molar-refractivity contribution >= 4 is 5.97 Å². The number of aliphatic carboxylic acids is 1. The molecule has 0 aromatic carbocycles. The highest BCUT2D eigenvalue weighted by atomic mass is 16.6. The Labute approximate surface area is 55.9 Å². The fourth-order valence-corrected chi connectivity index (χ4v) is 0.283. The van der Waals surface area contributed by atoms with Gasteiger partial charge in [-0.3, -0.25) is 4.79 Å². The molecule has 0 aromatic rings. The number of rotatable bonds is 3. The van der Waals surface area contributed by atoms with Gasteiger partial charge in [-0.2, -0.15) is 0 Å². The molecule has 0 aromatic heterocycles. The highest BCUT2D eigenvalue weighted by Gasteiger charge is 2.16. The lowest BCUT2D eigenvalue weighted by molar-refractivity contribution is -0.556. The van der Waals surface area contributed by atoms with Crippen molar-refractivity contribution in [2.45, 2.75) is 6.04 Å². The Morgan fingerprint density at radius 1 is 1.90 bits per heavy atom. The summed E-state index contributed by atoms with van der Waals surface area (Å²) in [6, 6.07) is -1.33. The molecule has 0 fully saturated rings. The lowest BCUT2D eigenvalue weighted by Gasteiger charge is -2.01. The van der Waals surface area contributed by atoms with Crippen molar-refractivity contribution in [3.63, 3.8) is 0 Å². The van der Waals surface area contributed by atoms with Crippen molar-refractivity contribution in [1.82, 2.24) is 0 Å². The number of carboxylic acids is 1. The molecule has 0 saturated heterocycles. The van der Waals surface area contributed by atoms with Crippen LogP contribution in [0.15, 0.2) is 5.28 Å². The molecular formula is C3H7N3O4. The first-order valence-electron chi connectivity index (χ1n) is 2.36. The smallest absolute Gasteiger partial charge is 0.327 e. The minimum absolute atomic E-state index is 0.210. The summed E-state index contributed by atoms with van der Waals surface area (Å²) in [4.78, 5) is 9.73. The molecule has 4 N–H and O–H groups in total. The Morgan fingerprint density at radius 3 is 2.70 bits per heavy atom. The summed E-state index contributed by atoms with van der Waals surface area (Å²) in [7, 11) is 0. The first-order chi connectivity index (χ1) is 4.57. The van der Waals surface area contributed by atoms with Crippen molar-refractivity contribution in [1.29, 1.82) is 0 Å². The van der Waals surface area contributed by atoms with Crippen molar-refractivity contribution in [2.24, 2.45) is 11.0 Å². The van der Waals surface area contributed by atoms with E-state index >= 15 is 0 Å². The molecule has 0 aliphatic carbocycles. The van der Waals surface area contributed by atoms with E-state index in [2.05, 4.69) is 5.28 Å². The zero-order valence-electron chi connectivity index (χ0n) is 4.97. The maximum Gasteiger partial charge on any atom is 0.327 e. The van der Waals surface area contributed by atoms with Gasteiger partial charge in [-0.25, -0.2) is 0 Å². The summed E-state index contributed by atoms with van der Waals surface area (Å²) in [5.41, 5.74) is 4.88. The largest absolute Gasteiger partial charge is 0.597 e. The van der Waals surface area contributed by atoms with Gasteiger partial charge < -0.3 is 21.3 Å². The molecule has 0 spiro atoms. The Balaban J connectivity index is 3.80. The monoisotopic (exact) mass is 149 g/mol. The topological polar surface area (TPSA) is 122 Å². The van der Waals surface area contributed by atoms with Crippen LogP contribution in [-0.4, -0.2) is 33.7 Å². The maximum atomic E-state index is 10.1. The molecule has 0 unspecified atom stereocenters. The minimum Gasteiger partial charge on any atom is -0.597 e. The SMILES string of the molecule is N[C@@H](C/[N+]([O-])=N\O)C(=O)O. The van der Waals surface area contributed by atoms with Crippen LogP contribution in [0.5, 0.6) is 0 Å². The maximum absolute atomic E-state index is 10.1. The van der Waals surface area contributed by atoms with Gasteiger partial charge in [-0.15, -0.1) is 0 Å². The van der Waals surface area contributed by atoms with Crippen LogP contribution in [0.4, 0.5) is 0 Å². The van der Waals surface area contributed by atoms with E-state index in [0.29, 0.717) is 0 Å². The first-order valence-corrected chi connectivity index (χ1v) is 2.36. The van der Waals surface area contributed by atoms with E-state index in [1.165, 1.54) is 0 Å². The third-order valence-electron chi connectivity index (χ3n) is 0.770. The number of hydroxylamine groups is 1. The van der Waals surface area contributed by atoms with Gasteiger partial charge in [-0.1, -0.05) is 4.86 Å². The zero-order chi connectivity index (χ0) is 8.15. The number of carboxylic acid groups (broad SMARTS) is 1. The average molecular weight is 149 g/mol. The Morgan fingerprint density at radius 2 is 2.40 bits per heavy atom. The van der Waals surface area contributed by atoms with Gasteiger partial charge in [0, 0.05) is 0 Å². The molecule has 7 heteroatoms. The second kappa shape index (κ2) is 3.62. The molecular weight excluding hydrogens is 142 g/mol. The molecule has 0 radical (unpaired) electrons.